The van der Waals surface area contributed by atoms with E-state index in [1.165, 1.54) is 0 Å². The number of anilines is 2. The molecule has 3 aromatic rings. The normalized spacial score (nSPS) is 10.7. The number of nitrogens with zero attached hydrogens (tertiary/aromatic N) is 1. The Labute approximate surface area is 138 Å². The number of carboxylic acids is 1. The van der Waals surface area contributed by atoms with E-state index in [4.69, 9.17) is 16.7 Å². The average Bonchev–Trinajstić information content (AvgIpc) is 2.51. The van der Waals surface area contributed by atoms with Gasteiger partial charge in [0.25, 0.3) is 0 Å². The van der Waals surface area contributed by atoms with Crippen LogP contribution in [0.5, 0.6) is 0 Å². The van der Waals surface area contributed by atoms with E-state index < -0.39 is 5.97 Å². The Morgan fingerprint density at radius 1 is 1.17 bits per heavy atom. The van der Waals surface area contributed by atoms with Gasteiger partial charge in [0.15, 0.2) is 0 Å². The standard InChI is InChI=1S/C18H15ClN2O2/c1-10-8-16(14-6-7-15(19)11(2)17(14)20-10)21-13-5-3-4-12(9-13)18(22)23/h3-9H,1-2H3,(H,20,21)(H,22,23). The third-order valence-corrected chi connectivity index (χ3v) is 4.09. The molecule has 0 saturated heterocycles. The minimum Gasteiger partial charge on any atom is -0.478 e. The summed E-state index contributed by atoms with van der Waals surface area (Å²) in [5.74, 6) is -0.952. The third kappa shape index (κ3) is 2.98. The van der Waals surface area contributed by atoms with Crippen molar-refractivity contribution in [2.24, 2.45) is 0 Å². The lowest BCUT2D eigenvalue weighted by Gasteiger charge is -2.13. The molecule has 2 N–H and O–H groups in total. The molecule has 0 atom stereocenters. The number of aryl methyl sites for hydroxylation is 2. The third-order valence-electron chi connectivity index (χ3n) is 3.68. The molecular weight excluding hydrogens is 312 g/mol. The number of aromatic carboxylic acids is 1. The van der Waals surface area contributed by atoms with Crippen LogP contribution in [0, 0.1) is 13.8 Å². The van der Waals surface area contributed by atoms with E-state index in [0.29, 0.717) is 10.7 Å². The van der Waals surface area contributed by atoms with Gasteiger partial charge in [-0.3, -0.25) is 4.98 Å². The topological polar surface area (TPSA) is 62.2 Å². The van der Waals surface area contributed by atoms with Crippen molar-refractivity contribution >= 4 is 39.8 Å². The van der Waals surface area contributed by atoms with Gasteiger partial charge in [-0.2, -0.15) is 0 Å². The van der Waals surface area contributed by atoms with Crippen molar-refractivity contribution in [1.82, 2.24) is 4.98 Å². The smallest absolute Gasteiger partial charge is 0.335 e. The molecule has 23 heavy (non-hydrogen) atoms. The molecule has 0 bridgehead atoms. The highest BCUT2D eigenvalue weighted by Crippen LogP contribution is 2.31. The minimum atomic E-state index is -0.952. The lowest BCUT2D eigenvalue weighted by molar-refractivity contribution is 0.0697. The summed E-state index contributed by atoms with van der Waals surface area (Å²) in [6, 6.07) is 12.4. The van der Waals surface area contributed by atoms with E-state index in [2.05, 4.69) is 10.3 Å². The number of nitrogens with one attached hydrogen (secondary N) is 1. The summed E-state index contributed by atoms with van der Waals surface area (Å²) in [6.45, 7) is 3.85. The molecule has 0 aliphatic carbocycles. The zero-order valence-corrected chi connectivity index (χ0v) is 13.5. The highest BCUT2D eigenvalue weighted by molar-refractivity contribution is 6.32. The Hall–Kier alpha value is -2.59. The van der Waals surface area contributed by atoms with Crippen LogP contribution in [-0.4, -0.2) is 16.1 Å². The van der Waals surface area contributed by atoms with Crippen LogP contribution in [0.2, 0.25) is 5.02 Å². The number of carbonyl (C=O) groups is 1. The minimum absolute atomic E-state index is 0.240. The molecule has 0 aliphatic heterocycles. The maximum absolute atomic E-state index is 11.1. The van der Waals surface area contributed by atoms with Gasteiger partial charge < -0.3 is 10.4 Å². The lowest BCUT2D eigenvalue weighted by atomic mass is 10.1. The molecular formula is C18H15ClN2O2. The van der Waals surface area contributed by atoms with E-state index in [1.807, 2.05) is 38.1 Å². The Kier molecular flexibility index (Phi) is 3.92. The molecule has 1 heterocycles. The van der Waals surface area contributed by atoms with E-state index >= 15 is 0 Å². The van der Waals surface area contributed by atoms with Crippen LogP contribution >= 0.6 is 11.6 Å². The van der Waals surface area contributed by atoms with Crippen molar-refractivity contribution < 1.29 is 9.90 Å². The van der Waals surface area contributed by atoms with E-state index in [9.17, 15) is 4.79 Å². The van der Waals surface area contributed by atoms with Crippen molar-refractivity contribution in [3.63, 3.8) is 0 Å². The summed E-state index contributed by atoms with van der Waals surface area (Å²) < 4.78 is 0. The molecule has 0 saturated carbocycles. The van der Waals surface area contributed by atoms with Crippen LogP contribution in [0.4, 0.5) is 11.4 Å². The average molecular weight is 327 g/mol. The largest absolute Gasteiger partial charge is 0.478 e. The second-order valence-electron chi connectivity index (χ2n) is 5.39. The zero-order chi connectivity index (χ0) is 16.6. The van der Waals surface area contributed by atoms with Crippen LogP contribution in [0.1, 0.15) is 21.6 Å². The van der Waals surface area contributed by atoms with Crippen molar-refractivity contribution in [1.29, 1.82) is 0 Å². The van der Waals surface area contributed by atoms with Crippen LogP contribution < -0.4 is 5.32 Å². The first-order valence-electron chi connectivity index (χ1n) is 7.12. The SMILES string of the molecule is Cc1cc(Nc2cccc(C(=O)O)c2)c2ccc(Cl)c(C)c2n1. The number of hydrogen-bond donors (Lipinski definition) is 2. The summed E-state index contributed by atoms with van der Waals surface area (Å²) in [6.07, 6.45) is 0. The Balaban J connectivity index is 2.12. The number of benzene rings is 2. The van der Waals surface area contributed by atoms with Gasteiger partial charge >= 0.3 is 5.97 Å². The number of halogens is 1. The molecule has 0 spiro atoms. The number of aromatic nitrogens is 1. The summed E-state index contributed by atoms with van der Waals surface area (Å²) in [5.41, 5.74) is 4.45. The summed E-state index contributed by atoms with van der Waals surface area (Å²) >= 11 is 6.18. The van der Waals surface area contributed by atoms with Gasteiger partial charge in [0.1, 0.15) is 0 Å². The number of pyridine rings is 1. The molecule has 116 valence electrons. The predicted octanol–water partition coefficient (Wildman–Crippen LogP) is 4.95. The first kappa shape index (κ1) is 15.3. The van der Waals surface area contributed by atoms with Crippen LogP contribution in [0.25, 0.3) is 10.9 Å². The number of fused-ring (bicyclic) bond motifs is 1. The molecule has 1 aromatic heterocycles. The summed E-state index contributed by atoms with van der Waals surface area (Å²) in [4.78, 5) is 15.7. The van der Waals surface area contributed by atoms with Gasteiger partial charge in [0, 0.05) is 27.5 Å². The quantitative estimate of drug-likeness (QED) is 0.715. The Morgan fingerprint density at radius 2 is 1.96 bits per heavy atom. The Morgan fingerprint density at radius 3 is 2.70 bits per heavy atom. The molecule has 4 nitrogen and oxygen atoms in total. The van der Waals surface area contributed by atoms with Crippen LogP contribution in [-0.2, 0) is 0 Å². The van der Waals surface area contributed by atoms with Gasteiger partial charge in [-0.25, -0.2) is 4.79 Å². The van der Waals surface area contributed by atoms with Crippen molar-refractivity contribution in [3.05, 3.63) is 64.3 Å². The van der Waals surface area contributed by atoms with Gasteiger partial charge in [0.2, 0.25) is 0 Å². The maximum atomic E-state index is 11.1. The monoisotopic (exact) mass is 326 g/mol. The van der Waals surface area contributed by atoms with Crippen LogP contribution in [0.3, 0.4) is 0 Å². The van der Waals surface area contributed by atoms with Gasteiger partial charge in [-0.1, -0.05) is 17.7 Å². The van der Waals surface area contributed by atoms with Crippen molar-refractivity contribution in [3.8, 4) is 0 Å². The molecule has 0 radical (unpaired) electrons. The highest BCUT2D eigenvalue weighted by Gasteiger charge is 2.10. The fourth-order valence-corrected chi connectivity index (χ4v) is 2.67. The summed E-state index contributed by atoms with van der Waals surface area (Å²) in [5, 5.41) is 14.0. The Bertz CT molecular complexity index is 922. The first-order valence-corrected chi connectivity index (χ1v) is 7.50. The molecule has 2 aromatic carbocycles. The number of hydrogen-bond acceptors (Lipinski definition) is 3. The second-order valence-corrected chi connectivity index (χ2v) is 5.80. The van der Waals surface area contributed by atoms with Crippen LogP contribution in [0.15, 0.2) is 42.5 Å². The predicted molar refractivity (Wildman–Crippen MR) is 92.9 cm³/mol. The lowest BCUT2D eigenvalue weighted by Crippen LogP contribution is -1.99. The fourth-order valence-electron chi connectivity index (χ4n) is 2.52. The van der Waals surface area contributed by atoms with Gasteiger partial charge in [-0.05, 0) is 55.8 Å². The molecule has 3 rings (SSSR count). The summed E-state index contributed by atoms with van der Waals surface area (Å²) in [7, 11) is 0. The second kappa shape index (κ2) is 5.89. The van der Waals surface area contributed by atoms with Gasteiger partial charge in [0.05, 0.1) is 11.1 Å². The van der Waals surface area contributed by atoms with E-state index in [0.717, 1.165) is 27.8 Å². The molecule has 0 amide bonds. The molecule has 0 unspecified atom stereocenters. The first-order chi connectivity index (χ1) is 11.0. The fraction of sp³-hybridized carbons (Fsp3) is 0.111. The van der Waals surface area contributed by atoms with Gasteiger partial charge in [-0.15, -0.1) is 0 Å². The molecule has 0 fully saturated rings. The highest BCUT2D eigenvalue weighted by atomic mass is 35.5. The zero-order valence-electron chi connectivity index (χ0n) is 12.7. The number of carboxylic acid groups (broad SMARTS) is 1. The van der Waals surface area contributed by atoms with Crippen molar-refractivity contribution in [2.45, 2.75) is 13.8 Å². The maximum Gasteiger partial charge on any atom is 0.335 e. The molecule has 0 aliphatic rings. The van der Waals surface area contributed by atoms with E-state index in [1.54, 1.807) is 18.2 Å². The molecule has 5 heteroatoms. The number of rotatable bonds is 3. The van der Waals surface area contributed by atoms with Crippen molar-refractivity contribution in [2.75, 3.05) is 5.32 Å². The van der Waals surface area contributed by atoms with E-state index in [-0.39, 0.29) is 5.56 Å².